The summed E-state index contributed by atoms with van der Waals surface area (Å²) in [6, 6.07) is 1.94. The van der Waals surface area contributed by atoms with Gasteiger partial charge in [-0.15, -0.1) is 4.63 Å². The zero-order valence-electron chi connectivity index (χ0n) is 4.23. The second-order valence-electron chi connectivity index (χ2n) is 1.60. The largest absolute Gasteiger partial charge is 0.233 e. The average Bonchev–Trinajstić information content (AvgIpc) is 2.15. The highest BCUT2D eigenvalue weighted by atomic mass is 15.5. The van der Waals surface area contributed by atoms with Gasteiger partial charge in [0.2, 0.25) is 0 Å². The lowest BCUT2D eigenvalue weighted by atomic mass is 10.7. The predicted molar refractivity (Wildman–Crippen MR) is 26.4 cm³/mol. The van der Waals surface area contributed by atoms with Gasteiger partial charge < -0.3 is 0 Å². The molecule has 0 aromatic carbocycles. The van der Waals surface area contributed by atoms with Crippen LogP contribution in [0.1, 0.15) is 0 Å². The SMILES string of the molecule is c1cn2cc[n-][n+]2c1. The van der Waals surface area contributed by atoms with Crippen LogP contribution < -0.4 is 9.73 Å². The van der Waals surface area contributed by atoms with Gasteiger partial charge in [-0.25, -0.2) is 4.52 Å². The Morgan fingerprint density at radius 3 is 3.25 bits per heavy atom. The molecule has 0 aliphatic heterocycles. The van der Waals surface area contributed by atoms with Crippen LogP contribution >= 0.6 is 0 Å². The van der Waals surface area contributed by atoms with Crippen molar-refractivity contribution in [2.75, 3.05) is 0 Å². The molecule has 0 saturated carbocycles. The standard InChI is InChI=1S/C5H5N3/c1-3-7-5-2-6-8(7)4-1/h1-5H. The van der Waals surface area contributed by atoms with Gasteiger partial charge >= 0.3 is 0 Å². The Labute approximate surface area is 46.1 Å². The van der Waals surface area contributed by atoms with Crippen molar-refractivity contribution >= 4 is 0 Å². The summed E-state index contributed by atoms with van der Waals surface area (Å²) in [5, 5.41) is 3.96. The van der Waals surface area contributed by atoms with E-state index < -0.39 is 0 Å². The fourth-order valence-corrected chi connectivity index (χ4v) is 0.731. The van der Waals surface area contributed by atoms with Gasteiger partial charge in [-0.1, -0.05) is 0 Å². The van der Waals surface area contributed by atoms with E-state index in [0.717, 1.165) is 0 Å². The van der Waals surface area contributed by atoms with Gasteiger partial charge in [0.25, 0.3) is 0 Å². The number of hydrogen-bond acceptors (Lipinski definition) is 0. The molecule has 3 heteroatoms. The summed E-state index contributed by atoms with van der Waals surface area (Å²) < 4.78 is 3.64. The summed E-state index contributed by atoms with van der Waals surface area (Å²) in [6.07, 6.45) is 7.47. The van der Waals surface area contributed by atoms with E-state index in [1.807, 2.05) is 29.2 Å². The fourth-order valence-electron chi connectivity index (χ4n) is 0.731. The van der Waals surface area contributed by atoms with Crippen molar-refractivity contribution in [1.82, 2.24) is 9.61 Å². The molecule has 0 atom stereocenters. The van der Waals surface area contributed by atoms with Crippen molar-refractivity contribution in [3.8, 4) is 0 Å². The first-order valence-electron chi connectivity index (χ1n) is 2.43. The van der Waals surface area contributed by atoms with Gasteiger partial charge in [0, 0.05) is 6.07 Å². The lowest BCUT2D eigenvalue weighted by molar-refractivity contribution is -0.677. The Morgan fingerprint density at radius 1 is 1.38 bits per heavy atom. The Morgan fingerprint density at radius 2 is 2.38 bits per heavy atom. The molecule has 0 aliphatic rings. The predicted octanol–water partition coefficient (Wildman–Crippen LogP) is -0.518. The average molecular weight is 107 g/mol. The minimum atomic E-state index is 1.75. The third kappa shape index (κ3) is 0.307. The first-order valence-corrected chi connectivity index (χ1v) is 2.43. The van der Waals surface area contributed by atoms with Crippen LogP contribution in [0.5, 0.6) is 0 Å². The maximum Gasteiger partial charge on any atom is 0.190 e. The van der Waals surface area contributed by atoms with Crippen LogP contribution in [0.3, 0.4) is 0 Å². The first-order chi connectivity index (χ1) is 3.97. The van der Waals surface area contributed by atoms with E-state index in [-0.39, 0.29) is 0 Å². The monoisotopic (exact) mass is 107 g/mol. The number of aromatic nitrogens is 3. The van der Waals surface area contributed by atoms with E-state index in [2.05, 4.69) is 5.10 Å². The van der Waals surface area contributed by atoms with E-state index in [0.29, 0.717) is 0 Å². The maximum atomic E-state index is 3.96. The maximum absolute atomic E-state index is 3.96. The molecule has 2 heterocycles. The molecule has 0 amide bonds. The minimum absolute atomic E-state index is 1.75. The molecule has 8 heavy (non-hydrogen) atoms. The van der Waals surface area contributed by atoms with Crippen LogP contribution in [0.25, 0.3) is 0 Å². The lowest BCUT2D eigenvalue weighted by Gasteiger charge is -1.76. The third-order valence-corrected chi connectivity index (χ3v) is 1.10. The van der Waals surface area contributed by atoms with E-state index in [1.165, 1.54) is 0 Å². The van der Waals surface area contributed by atoms with E-state index in [9.17, 15) is 0 Å². The Kier molecular flexibility index (Phi) is 0.521. The number of nitrogens with zero attached hydrogens (tertiary/aromatic N) is 3. The molecular formula is C5H5N3. The van der Waals surface area contributed by atoms with Gasteiger partial charge in [-0.2, -0.15) is 5.10 Å². The van der Waals surface area contributed by atoms with Crippen LogP contribution in [-0.4, -0.2) is 4.52 Å². The van der Waals surface area contributed by atoms with E-state index >= 15 is 0 Å². The Balaban J connectivity index is 3.06. The highest BCUT2D eigenvalue weighted by Crippen LogP contribution is 1.75. The molecule has 0 unspecified atom stereocenters. The first kappa shape index (κ1) is 3.72. The summed E-state index contributed by atoms with van der Waals surface area (Å²) in [4.78, 5) is 0. The highest BCUT2D eigenvalue weighted by molar-refractivity contribution is 4.74. The summed E-state index contributed by atoms with van der Waals surface area (Å²) in [6.45, 7) is 0. The van der Waals surface area contributed by atoms with Crippen LogP contribution in [0, 0.1) is 0 Å². The smallest absolute Gasteiger partial charge is 0.190 e. The van der Waals surface area contributed by atoms with Crippen molar-refractivity contribution in [2.24, 2.45) is 0 Å². The van der Waals surface area contributed by atoms with Crippen molar-refractivity contribution in [3.05, 3.63) is 30.9 Å². The lowest BCUT2D eigenvalue weighted by Crippen LogP contribution is -2.27. The molecule has 0 aliphatic carbocycles. The van der Waals surface area contributed by atoms with Crippen molar-refractivity contribution in [1.29, 1.82) is 0 Å². The van der Waals surface area contributed by atoms with Gasteiger partial charge in [0.05, 0.1) is 0 Å². The Bertz CT molecular complexity index is 229. The fraction of sp³-hybridized carbons (Fsp3) is 0. The van der Waals surface area contributed by atoms with E-state index in [4.69, 9.17) is 0 Å². The molecule has 0 spiro atoms. The van der Waals surface area contributed by atoms with Crippen molar-refractivity contribution < 1.29 is 4.63 Å². The molecule has 3 nitrogen and oxygen atoms in total. The molecule has 0 saturated heterocycles. The Hall–Kier alpha value is -1.25. The topological polar surface area (TPSA) is 22.6 Å². The molecule has 2 rings (SSSR count). The zero-order chi connectivity index (χ0) is 5.40. The van der Waals surface area contributed by atoms with Crippen LogP contribution in [0.4, 0.5) is 0 Å². The second-order valence-corrected chi connectivity index (χ2v) is 1.60. The summed E-state index contributed by atoms with van der Waals surface area (Å²) in [5.41, 5.74) is 0. The van der Waals surface area contributed by atoms with Crippen molar-refractivity contribution in [2.45, 2.75) is 0 Å². The molecule has 0 N–H and O–H groups in total. The van der Waals surface area contributed by atoms with E-state index in [1.54, 1.807) is 10.8 Å². The number of fused-ring (bicyclic) bond motifs is 1. The van der Waals surface area contributed by atoms with Gasteiger partial charge in [-0.05, 0) is 18.6 Å². The van der Waals surface area contributed by atoms with Gasteiger partial charge in [0.1, 0.15) is 0 Å². The molecule has 2 aromatic heterocycles. The normalized spacial score (nSPS) is 10.5. The zero-order valence-corrected chi connectivity index (χ0v) is 4.23. The van der Waals surface area contributed by atoms with Crippen LogP contribution in [0.2, 0.25) is 0 Å². The summed E-state index contributed by atoms with van der Waals surface area (Å²) in [5.74, 6) is 0. The number of rotatable bonds is 0. The molecule has 0 radical (unpaired) electrons. The van der Waals surface area contributed by atoms with Gasteiger partial charge in [-0.3, -0.25) is 0 Å². The van der Waals surface area contributed by atoms with Crippen molar-refractivity contribution in [3.63, 3.8) is 0 Å². The van der Waals surface area contributed by atoms with Crippen LogP contribution in [-0.2, 0) is 0 Å². The summed E-state index contributed by atoms with van der Waals surface area (Å²) >= 11 is 0. The molecule has 0 bridgehead atoms. The second kappa shape index (κ2) is 1.12. The quantitative estimate of drug-likeness (QED) is 0.415. The molecular weight excluding hydrogens is 102 g/mol. The highest BCUT2D eigenvalue weighted by Gasteiger charge is 1.84. The third-order valence-electron chi connectivity index (χ3n) is 1.10. The molecule has 2 aromatic rings. The minimum Gasteiger partial charge on any atom is -0.233 e. The molecule has 0 fully saturated rings. The number of hydrogen-bond donors (Lipinski definition) is 0. The van der Waals surface area contributed by atoms with Gasteiger partial charge in [0.15, 0.2) is 6.20 Å². The van der Waals surface area contributed by atoms with Crippen LogP contribution in [0.15, 0.2) is 30.9 Å². The summed E-state index contributed by atoms with van der Waals surface area (Å²) in [7, 11) is 0. The molecule has 40 valence electrons.